The Kier molecular flexibility index (Phi) is 4.02. The fraction of sp³-hybridized carbons (Fsp3) is 0.462. The van der Waals surface area contributed by atoms with Crippen LogP contribution in [0.2, 0.25) is 0 Å². The summed E-state index contributed by atoms with van der Waals surface area (Å²) in [6, 6.07) is 0. The number of hydrogen-bond acceptors (Lipinski definition) is 7. The lowest BCUT2D eigenvalue weighted by molar-refractivity contribution is -0.0538. The summed E-state index contributed by atoms with van der Waals surface area (Å²) in [5.74, 6) is -0.941. The smallest absolute Gasteiger partial charge is 0.285 e. The molecular formula is C13H14FN3O5S. The number of aliphatic hydroxyl groups is 3. The molecule has 1 saturated heterocycles. The third-order valence-corrected chi connectivity index (χ3v) is 4.21. The first-order chi connectivity index (χ1) is 10.8. The van der Waals surface area contributed by atoms with Gasteiger partial charge in [0.05, 0.1) is 6.61 Å². The number of fused-ring (bicyclic) bond motifs is 1. The van der Waals surface area contributed by atoms with Crippen LogP contribution < -0.4 is 5.56 Å². The lowest BCUT2D eigenvalue weighted by Crippen LogP contribution is -2.33. The average molecular weight is 343 g/mol. The molecule has 0 saturated carbocycles. The molecule has 1 aliphatic heterocycles. The molecule has 0 amide bonds. The van der Waals surface area contributed by atoms with Crippen LogP contribution in [0.5, 0.6) is 0 Å². The molecule has 3 heterocycles. The third kappa shape index (κ3) is 2.48. The van der Waals surface area contributed by atoms with Crippen LogP contribution in [-0.2, 0) is 4.74 Å². The molecule has 10 heteroatoms. The maximum absolute atomic E-state index is 13.8. The van der Waals surface area contributed by atoms with Crippen LogP contribution in [0, 0.1) is 17.5 Å². The quantitative estimate of drug-likeness (QED) is 0.543. The molecule has 0 spiro atoms. The van der Waals surface area contributed by atoms with Crippen molar-refractivity contribution in [1.29, 1.82) is 0 Å². The average Bonchev–Trinajstić information content (AvgIpc) is 2.80. The van der Waals surface area contributed by atoms with Crippen LogP contribution in [0.3, 0.4) is 0 Å². The number of aryl methyl sites for hydroxylation is 1. The monoisotopic (exact) mass is 343 g/mol. The van der Waals surface area contributed by atoms with Crippen molar-refractivity contribution in [1.82, 2.24) is 14.5 Å². The summed E-state index contributed by atoms with van der Waals surface area (Å²) in [7, 11) is 0. The van der Waals surface area contributed by atoms with Crippen molar-refractivity contribution in [2.45, 2.75) is 31.5 Å². The second-order valence-corrected chi connectivity index (χ2v) is 5.68. The van der Waals surface area contributed by atoms with Gasteiger partial charge in [0.15, 0.2) is 12.0 Å². The van der Waals surface area contributed by atoms with E-state index >= 15 is 0 Å². The molecule has 0 aromatic carbocycles. The van der Waals surface area contributed by atoms with E-state index in [1.807, 2.05) is 0 Å². The van der Waals surface area contributed by atoms with Crippen molar-refractivity contribution in [3.05, 3.63) is 32.7 Å². The molecule has 0 radical (unpaired) electrons. The zero-order valence-corrected chi connectivity index (χ0v) is 12.7. The Morgan fingerprint density at radius 1 is 1.48 bits per heavy atom. The molecule has 1 fully saturated rings. The van der Waals surface area contributed by atoms with Crippen molar-refractivity contribution < 1.29 is 24.4 Å². The molecule has 1 unspecified atom stereocenters. The molecule has 2 aromatic rings. The molecule has 23 heavy (non-hydrogen) atoms. The molecule has 3 rings (SSSR count). The molecule has 4 N–H and O–H groups in total. The Morgan fingerprint density at radius 2 is 2.17 bits per heavy atom. The first-order valence-electron chi connectivity index (χ1n) is 6.79. The van der Waals surface area contributed by atoms with Gasteiger partial charge in [-0.1, -0.05) is 0 Å². The van der Waals surface area contributed by atoms with Crippen molar-refractivity contribution in [2.24, 2.45) is 0 Å². The summed E-state index contributed by atoms with van der Waals surface area (Å²) in [5.41, 5.74) is -0.712. The summed E-state index contributed by atoms with van der Waals surface area (Å²) in [6.07, 6.45) is -3.30. The van der Waals surface area contributed by atoms with Crippen LogP contribution in [-0.4, -0.2) is 54.8 Å². The van der Waals surface area contributed by atoms with Crippen molar-refractivity contribution in [3.8, 4) is 0 Å². The van der Waals surface area contributed by atoms with Crippen molar-refractivity contribution in [2.75, 3.05) is 6.61 Å². The van der Waals surface area contributed by atoms with Crippen molar-refractivity contribution in [3.63, 3.8) is 0 Å². The van der Waals surface area contributed by atoms with E-state index in [1.54, 1.807) is 0 Å². The van der Waals surface area contributed by atoms with Crippen LogP contribution >= 0.6 is 12.2 Å². The van der Waals surface area contributed by atoms with Crippen LogP contribution in [0.4, 0.5) is 4.39 Å². The number of aliphatic hydroxyl groups excluding tert-OH is 3. The van der Waals surface area contributed by atoms with Gasteiger partial charge in [-0.25, -0.2) is 9.37 Å². The van der Waals surface area contributed by atoms with Gasteiger partial charge in [0, 0.05) is 17.1 Å². The number of aromatic nitrogens is 3. The van der Waals surface area contributed by atoms with E-state index in [0.29, 0.717) is 0 Å². The van der Waals surface area contributed by atoms with Gasteiger partial charge in [-0.3, -0.25) is 9.36 Å². The summed E-state index contributed by atoms with van der Waals surface area (Å²) >= 11 is 5.10. The number of ether oxygens (including phenoxy) is 1. The molecule has 2 aromatic heterocycles. The van der Waals surface area contributed by atoms with E-state index in [2.05, 4.69) is 9.97 Å². The minimum absolute atomic E-state index is 0.0333. The Balaban J connectivity index is 2.18. The highest BCUT2D eigenvalue weighted by Crippen LogP contribution is 2.30. The first kappa shape index (κ1) is 16.1. The molecule has 4 atom stereocenters. The summed E-state index contributed by atoms with van der Waals surface area (Å²) < 4.78 is 20.4. The predicted octanol–water partition coefficient (Wildman–Crippen LogP) is -0.487. The lowest BCUT2D eigenvalue weighted by Gasteiger charge is -2.19. The minimum Gasteiger partial charge on any atom is -0.394 e. The van der Waals surface area contributed by atoms with Crippen molar-refractivity contribution >= 4 is 23.3 Å². The number of hydrogen-bond donors (Lipinski definition) is 4. The zero-order chi connectivity index (χ0) is 16.9. The second-order valence-electron chi connectivity index (χ2n) is 5.31. The molecule has 1 aliphatic rings. The molecular weight excluding hydrogens is 329 g/mol. The van der Waals surface area contributed by atoms with Crippen LogP contribution in [0.1, 0.15) is 11.8 Å². The standard InChI is InChI=1S/C13H14FN3O5S/c1-4-5-2-17(12-9(20)8(19)6(3-18)22-12)13(23)16-10(5)15-11(21)7(4)14/h2,6,8-9,12,18-20H,3H2,1H3,(H,15,16,21,23)/t6-,8?,9+,12-/m1/s1. The topological polar surface area (TPSA) is 121 Å². The Labute approximate surface area is 133 Å². The van der Waals surface area contributed by atoms with Crippen LogP contribution in [0.25, 0.3) is 11.0 Å². The SMILES string of the molecule is Cc1c(F)c(=O)[nH]c2nc(=S)n([C@@H]3O[C@H](CO)C(O)[C@@H]3O)cc12. The number of pyridine rings is 1. The normalized spacial score (nSPS) is 27.7. The number of halogens is 1. The summed E-state index contributed by atoms with van der Waals surface area (Å²) in [4.78, 5) is 17.7. The van der Waals surface area contributed by atoms with E-state index in [4.69, 9.17) is 22.1 Å². The van der Waals surface area contributed by atoms with Gasteiger partial charge in [-0.15, -0.1) is 0 Å². The third-order valence-electron chi connectivity index (χ3n) is 3.91. The van der Waals surface area contributed by atoms with E-state index in [-0.39, 0.29) is 21.4 Å². The highest BCUT2D eigenvalue weighted by molar-refractivity contribution is 7.71. The molecule has 0 bridgehead atoms. The maximum atomic E-state index is 13.8. The zero-order valence-electron chi connectivity index (χ0n) is 11.9. The van der Waals surface area contributed by atoms with Gasteiger partial charge in [0.25, 0.3) is 5.56 Å². The first-order valence-corrected chi connectivity index (χ1v) is 7.19. The van der Waals surface area contributed by atoms with Gasteiger partial charge in [0.1, 0.15) is 24.0 Å². The van der Waals surface area contributed by atoms with Gasteiger partial charge in [0.2, 0.25) is 4.77 Å². The fourth-order valence-corrected chi connectivity index (χ4v) is 2.83. The highest BCUT2D eigenvalue weighted by atomic mass is 32.1. The van der Waals surface area contributed by atoms with E-state index in [0.717, 1.165) is 0 Å². The minimum atomic E-state index is -1.34. The summed E-state index contributed by atoms with van der Waals surface area (Å²) in [6.45, 7) is 0.934. The van der Waals surface area contributed by atoms with Gasteiger partial charge < -0.3 is 25.0 Å². The highest BCUT2D eigenvalue weighted by Gasteiger charge is 2.43. The van der Waals surface area contributed by atoms with Gasteiger partial charge in [-0.2, -0.15) is 0 Å². The maximum Gasteiger partial charge on any atom is 0.285 e. The van der Waals surface area contributed by atoms with E-state index in [1.165, 1.54) is 17.7 Å². The number of nitrogens with one attached hydrogen (secondary N) is 1. The van der Waals surface area contributed by atoms with E-state index < -0.39 is 42.5 Å². The van der Waals surface area contributed by atoms with Crippen LogP contribution in [0.15, 0.2) is 11.0 Å². The fourth-order valence-electron chi connectivity index (χ4n) is 2.58. The number of aromatic amines is 1. The number of H-pyrrole nitrogens is 1. The Bertz CT molecular complexity index is 882. The Hall–Kier alpha value is -1.72. The van der Waals surface area contributed by atoms with Gasteiger partial charge >= 0.3 is 0 Å². The predicted molar refractivity (Wildman–Crippen MR) is 78.9 cm³/mol. The van der Waals surface area contributed by atoms with E-state index in [9.17, 15) is 19.4 Å². The van der Waals surface area contributed by atoms with Gasteiger partial charge in [-0.05, 0) is 19.1 Å². The largest absolute Gasteiger partial charge is 0.394 e. The second kappa shape index (κ2) is 5.73. The number of nitrogens with zero attached hydrogens (tertiary/aromatic N) is 2. The summed E-state index contributed by atoms with van der Waals surface area (Å²) in [5, 5.41) is 29.3. The molecule has 0 aliphatic carbocycles. The number of rotatable bonds is 2. The Morgan fingerprint density at radius 3 is 2.78 bits per heavy atom. The molecule has 8 nitrogen and oxygen atoms in total. The molecule has 124 valence electrons. The lowest BCUT2D eigenvalue weighted by atomic mass is 10.1.